The zero-order chi connectivity index (χ0) is 7.56. The van der Waals surface area contributed by atoms with Gasteiger partial charge in [-0.25, -0.2) is 9.97 Å². The first-order chi connectivity index (χ1) is 4.72. The third-order valence-electron chi connectivity index (χ3n) is 0.843. The molecule has 10 heavy (non-hydrogen) atoms. The van der Waals surface area contributed by atoms with Crippen molar-refractivity contribution in [3.8, 4) is 0 Å². The lowest BCUT2D eigenvalue weighted by Gasteiger charge is -1.87. The first-order valence-corrected chi connectivity index (χ1v) is 2.31. The molecule has 5 nitrogen and oxygen atoms in total. The lowest BCUT2D eigenvalue weighted by molar-refractivity contribution is -0.388. The highest BCUT2D eigenvalue weighted by atomic mass is 19.1. The Hall–Kier alpha value is -1.59. The van der Waals surface area contributed by atoms with Gasteiger partial charge < -0.3 is 0 Å². The Morgan fingerprint density at radius 2 is 2.40 bits per heavy atom. The van der Waals surface area contributed by atoms with E-state index in [2.05, 4.69) is 9.97 Å². The molecule has 0 atom stereocenters. The van der Waals surface area contributed by atoms with Crippen molar-refractivity contribution in [3.63, 3.8) is 0 Å². The number of halogens is 1. The van der Waals surface area contributed by atoms with Crippen molar-refractivity contribution in [3.05, 3.63) is 28.6 Å². The van der Waals surface area contributed by atoms with Crippen molar-refractivity contribution >= 4 is 5.69 Å². The van der Waals surface area contributed by atoms with Gasteiger partial charge in [-0.3, -0.25) is 10.1 Å². The Morgan fingerprint density at radius 3 is 2.80 bits per heavy atom. The van der Waals surface area contributed by atoms with Crippen LogP contribution >= 0.6 is 0 Å². The molecule has 52 valence electrons. The van der Waals surface area contributed by atoms with Crippen LogP contribution in [-0.2, 0) is 0 Å². The number of hydrogen-bond donors (Lipinski definition) is 0. The van der Waals surface area contributed by atoms with Crippen molar-refractivity contribution in [1.29, 1.82) is 0 Å². The summed E-state index contributed by atoms with van der Waals surface area (Å²) in [6.07, 6.45) is 1.71. The van der Waals surface area contributed by atoms with Crippen molar-refractivity contribution < 1.29 is 9.31 Å². The van der Waals surface area contributed by atoms with E-state index in [4.69, 9.17) is 0 Å². The fourth-order valence-corrected chi connectivity index (χ4v) is 0.430. The highest BCUT2D eigenvalue weighted by molar-refractivity contribution is 5.21. The van der Waals surface area contributed by atoms with Crippen LogP contribution in [0.2, 0.25) is 0 Å². The van der Waals surface area contributed by atoms with E-state index in [0.717, 1.165) is 12.5 Å². The van der Waals surface area contributed by atoms with E-state index < -0.39 is 16.6 Å². The third-order valence-corrected chi connectivity index (χ3v) is 0.843. The minimum Gasteiger partial charge on any atom is -0.258 e. The van der Waals surface area contributed by atoms with Crippen LogP contribution in [0.15, 0.2) is 12.5 Å². The van der Waals surface area contributed by atoms with E-state index in [1.165, 1.54) is 0 Å². The fourth-order valence-electron chi connectivity index (χ4n) is 0.430. The molecule has 1 aromatic rings. The smallest absolute Gasteiger partial charge is 0.258 e. The minimum atomic E-state index is -1.11. The molecule has 1 aromatic heterocycles. The third kappa shape index (κ3) is 1.04. The van der Waals surface area contributed by atoms with Gasteiger partial charge in [0, 0.05) is 0 Å². The maximum absolute atomic E-state index is 12.2. The van der Waals surface area contributed by atoms with Crippen LogP contribution in [0.4, 0.5) is 10.1 Å². The second-order valence-electron chi connectivity index (χ2n) is 1.46. The highest BCUT2D eigenvalue weighted by Gasteiger charge is 2.13. The van der Waals surface area contributed by atoms with Gasteiger partial charge in [-0.1, -0.05) is 0 Å². The summed E-state index contributed by atoms with van der Waals surface area (Å²) in [5.74, 6) is -1.11. The van der Waals surface area contributed by atoms with Crippen molar-refractivity contribution in [1.82, 2.24) is 9.97 Å². The lowest BCUT2D eigenvalue weighted by Crippen LogP contribution is -1.95. The van der Waals surface area contributed by atoms with Gasteiger partial charge in [-0.05, 0) is 0 Å². The normalized spacial score (nSPS) is 9.30. The fraction of sp³-hybridized carbons (Fsp3) is 0. The summed E-state index contributed by atoms with van der Waals surface area (Å²) in [4.78, 5) is 15.3. The van der Waals surface area contributed by atoms with Gasteiger partial charge in [0.1, 0.15) is 12.5 Å². The largest absolute Gasteiger partial charge is 0.342 e. The molecular formula is C4H2FN3O2. The molecule has 0 aliphatic rings. The van der Waals surface area contributed by atoms with Crippen LogP contribution in [-0.4, -0.2) is 14.9 Å². The number of hydrogen-bond acceptors (Lipinski definition) is 4. The van der Waals surface area contributed by atoms with Crippen LogP contribution in [0.5, 0.6) is 0 Å². The van der Waals surface area contributed by atoms with Gasteiger partial charge in [0.25, 0.3) is 5.95 Å². The molecule has 0 aliphatic heterocycles. The molecule has 0 N–H and O–H groups in total. The van der Waals surface area contributed by atoms with Gasteiger partial charge in [0.2, 0.25) is 0 Å². The summed E-state index contributed by atoms with van der Waals surface area (Å²) in [6.45, 7) is 0. The summed E-state index contributed by atoms with van der Waals surface area (Å²) in [7, 11) is 0. The summed E-state index contributed by atoms with van der Waals surface area (Å²) in [5.41, 5.74) is -0.706. The molecule has 0 unspecified atom stereocenters. The Kier molecular flexibility index (Phi) is 1.53. The summed E-state index contributed by atoms with van der Waals surface area (Å²) >= 11 is 0. The first kappa shape index (κ1) is 6.53. The number of rotatable bonds is 1. The SMILES string of the molecule is O=[N+]([O-])c1cncnc1F. The molecule has 0 aromatic carbocycles. The van der Waals surface area contributed by atoms with E-state index in [-0.39, 0.29) is 0 Å². The average molecular weight is 143 g/mol. The van der Waals surface area contributed by atoms with Crippen LogP contribution in [0.25, 0.3) is 0 Å². The molecule has 0 amide bonds. The molecule has 0 saturated heterocycles. The van der Waals surface area contributed by atoms with Gasteiger partial charge in [0.05, 0.1) is 4.92 Å². The number of nitrogens with zero attached hydrogens (tertiary/aromatic N) is 3. The predicted octanol–water partition coefficient (Wildman–Crippen LogP) is 0.524. The van der Waals surface area contributed by atoms with Crippen molar-refractivity contribution in [2.75, 3.05) is 0 Å². The molecule has 0 spiro atoms. The molecule has 0 aliphatic carbocycles. The Morgan fingerprint density at radius 1 is 1.70 bits per heavy atom. The molecule has 1 rings (SSSR count). The van der Waals surface area contributed by atoms with E-state index in [0.29, 0.717) is 0 Å². The second kappa shape index (κ2) is 2.34. The van der Waals surface area contributed by atoms with Gasteiger partial charge in [-0.15, -0.1) is 0 Å². The topological polar surface area (TPSA) is 68.9 Å². The molecule has 0 radical (unpaired) electrons. The van der Waals surface area contributed by atoms with Crippen LogP contribution in [0, 0.1) is 16.1 Å². The van der Waals surface area contributed by atoms with E-state index >= 15 is 0 Å². The van der Waals surface area contributed by atoms with Gasteiger partial charge in [-0.2, -0.15) is 4.39 Å². The van der Waals surface area contributed by atoms with Crippen molar-refractivity contribution in [2.45, 2.75) is 0 Å². The maximum atomic E-state index is 12.2. The molecule has 0 fully saturated rings. The van der Waals surface area contributed by atoms with Crippen molar-refractivity contribution in [2.24, 2.45) is 0 Å². The standard InChI is InChI=1S/C4H2FN3O2/c5-4-3(8(9)10)1-6-2-7-4/h1-2H. The number of nitro groups is 1. The minimum absolute atomic E-state index is 0.706. The maximum Gasteiger partial charge on any atom is 0.342 e. The molecule has 6 heteroatoms. The molecular weight excluding hydrogens is 141 g/mol. The monoisotopic (exact) mass is 143 g/mol. The van der Waals surface area contributed by atoms with Gasteiger partial charge in [0.15, 0.2) is 0 Å². The summed E-state index contributed by atoms with van der Waals surface area (Å²) in [6, 6.07) is 0. The summed E-state index contributed by atoms with van der Waals surface area (Å²) in [5, 5.41) is 9.91. The first-order valence-electron chi connectivity index (χ1n) is 2.31. The lowest BCUT2D eigenvalue weighted by atomic mass is 10.5. The Bertz CT molecular complexity index is 264. The average Bonchev–Trinajstić information content (AvgIpc) is 1.88. The predicted molar refractivity (Wildman–Crippen MR) is 28.6 cm³/mol. The van der Waals surface area contributed by atoms with Gasteiger partial charge >= 0.3 is 5.69 Å². The molecule has 0 saturated carbocycles. The Labute approximate surface area is 54.7 Å². The number of aromatic nitrogens is 2. The van der Waals surface area contributed by atoms with Crippen LogP contribution in [0.1, 0.15) is 0 Å². The highest BCUT2D eigenvalue weighted by Crippen LogP contribution is 2.09. The second-order valence-corrected chi connectivity index (χ2v) is 1.46. The molecule has 0 bridgehead atoms. The Balaban J connectivity index is 3.15. The van der Waals surface area contributed by atoms with Crippen LogP contribution in [0.3, 0.4) is 0 Å². The summed E-state index contributed by atoms with van der Waals surface area (Å²) < 4.78 is 12.2. The van der Waals surface area contributed by atoms with E-state index in [9.17, 15) is 14.5 Å². The molecule has 1 heterocycles. The quantitative estimate of drug-likeness (QED) is 0.326. The van der Waals surface area contributed by atoms with E-state index in [1.807, 2.05) is 0 Å². The zero-order valence-electron chi connectivity index (χ0n) is 4.69. The van der Waals surface area contributed by atoms with Crippen LogP contribution < -0.4 is 0 Å². The zero-order valence-corrected chi connectivity index (χ0v) is 4.69. The van der Waals surface area contributed by atoms with E-state index in [1.54, 1.807) is 0 Å².